The standard InChI is InChI=1S/C11H14N2O3/c1-7(6-14)13-11(16)9-4-2-8(3-5-9)10(12)15/h2-5,7,14H,6H2,1H3,(H2,12,15)(H,13,16)/t7-/m0/s1. The number of nitrogens with two attached hydrogens (primary N) is 1. The number of rotatable bonds is 4. The molecule has 0 bridgehead atoms. The third-order valence-electron chi connectivity index (χ3n) is 2.08. The van der Waals surface area contributed by atoms with Gasteiger partial charge in [0.15, 0.2) is 0 Å². The lowest BCUT2D eigenvalue weighted by Crippen LogP contribution is -2.34. The van der Waals surface area contributed by atoms with Crippen molar-refractivity contribution in [1.29, 1.82) is 0 Å². The largest absolute Gasteiger partial charge is 0.394 e. The van der Waals surface area contributed by atoms with Crippen LogP contribution in [0.2, 0.25) is 0 Å². The molecule has 0 radical (unpaired) electrons. The number of carbonyl (C=O) groups excluding carboxylic acids is 2. The summed E-state index contributed by atoms with van der Waals surface area (Å²) in [5.74, 6) is -0.826. The van der Waals surface area contributed by atoms with Crippen LogP contribution in [-0.2, 0) is 0 Å². The molecule has 1 atom stereocenters. The van der Waals surface area contributed by atoms with Gasteiger partial charge in [0.2, 0.25) is 5.91 Å². The normalized spacial score (nSPS) is 11.9. The van der Waals surface area contributed by atoms with Gasteiger partial charge in [-0.2, -0.15) is 0 Å². The first-order valence-corrected chi connectivity index (χ1v) is 4.86. The van der Waals surface area contributed by atoms with E-state index in [0.717, 1.165) is 0 Å². The Labute approximate surface area is 93.3 Å². The minimum atomic E-state index is -0.532. The summed E-state index contributed by atoms with van der Waals surface area (Å²) in [6.45, 7) is 1.57. The molecule has 1 aromatic carbocycles. The smallest absolute Gasteiger partial charge is 0.251 e. The molecule has 0 spiro atoms. The van der Waals surface area contributed by atoms with Crippen molar-refractivity contribution in [3.05, 3.63) is 35.4 Å². The van der Waals surface area contributed by atoms with Crippen molar-refractivity contribution in [1.82, 2.24) is 5.32 Å². The maximum absolute atomic E-state index is 11.6. The van der Waals surface area contributed by atoms with Gasteiger partial charge in [-0.1, -0.05) is 0 Å². The van der Waals surface area contributed by atoms with Crippen LogP contribution in [0.3, 0.4) is 0 Å². The molecule has 86 valence electrons. The van der Waals surface area contributed by atoms with Crippen LogP contribution in [0.4, 0.5) is 0 Å². The topological polar surface area (TPSA) is 92.4 Å². The number of amides is 2. The van der Waals surface area contributed by atoms with E-state index in [1.165, 1.54) is 24.3 Å². The molecular formula is C11H14N2O3. The van der Waals surface area contributed by atoms with Gasteiger partial charge >= 0.3 is 0 Å². The Morgan fingerprint density at radius 2 is 1.81 bits per heavy atom. The molecule has 0 aliphatic carbocycles. The maximum atomic E-state index is 11.6. The average Bonchev–Trinajstić information content (AvgIpc) is 2.28. The van der Waals surface area contributed by atoms with Crippen LogP contribution in [0.15, 0.2) is 24.3 Å². The monoisotopic (exact) mass is 222 g/mol. The predicted octanol–water partition coefficient (Wildman–Crippen LogP) is -0.104. The molecule has 0 aliphatic rings. The van der Waals surface area contributed by atoms with Gasteiger partial charge in [0.05, 0.1) is 6.61 Å². The molecule has 4 N–H and O–H groups in total. The van der Waals surface area contributed by atoms with Gasteiger partial charge in [0, 0.05) is 17.2 Å². The number of hydrogen-bond acceptors (Lipinski definition) is 3. The summed E-state index contributed by atoms with van der Waals surface area (Å²) in [5, 5.41) is 11.4. The molecule has 5 heteroatoms. The molecular weight excluding hydrogens is 208 g/mol. The summed E-state index contributed by atoms with van der Waals surface area (Å²) in [4.78, 5) is 22.4. The quantitative estimate of drug-likeness (QED) is 0.664. The number of nitrogens with one attached hydrogen (secondary N) is 1. The van der Waals surface area contributed by atoms with Crippen LogP contribution in [0.25, 0.3) is 0 Å². The van der Waals surface area contributed by atoms with E-state index in [2.05, 4.69) is 5.32 Å². The van der Waals surface area contributed by atoms with Gasteiger partial charge in [-0.05, 0) is 31.2 Å². The van der Waals surface area contributed by atoms with Crippen molar-refractivity contribution in [2.45, 2.75) is 13.0 Å². The van der Waals surface area contributed by atoms with Crippen molar-refractivity contribution >= 4 is 11.8 Å². The number of aliphatic hydroxyl groups is 1. The lowest BCUT2D eigenvalue weighted by molar-refractivity contribution is 0.0920. The molecule has 1 rings (SSSR count). The van der Waals surface area contributed by atoms with Crippen molar-refractivity contribution < 1.29 is 14.7 Å². The van der Waals surface area contributed by atoms with Crippen molar-refractivity contribution in [2.75, 3.05) is 6.61 Å². The highest BCUT2D eigenvalue weighted by Crippen LogP contribution is 2.04. The SMILES string of the molecule is C[C@@H](CO)NC(=O)c1ccc(C(N)=O)cc1. The summed E-state index contributed by atoms with van der Waals surface area (Å²) < 4.78 is 0. The number of hydrogen-bond donors (Lipinski definition) is 3. The van der Waals surface area contributed by atoms with E-state index < -0.39 is 5.91 Å². The molecule has 0 heterocycles. The summed E-state index contributed by atoms with van der Waals surface area (Å²) in [5.41, 5.74) is 5.84. The molecule has 1 aromatic rings. The van der Waals surface area contributed by atoms with E-state index in [4.69, 9.17) is 10.8 Å². The summed E-state index contributed by atoms with van der Waals surface area (Å²) in [6, 6.07) is 5.70. The fourth-order valence-electron chi connectivity index (χ4n) is 1.14. The fourth-order valence-corrected chi connectivity index (χ4v) is 1.14. The summed E-state index contributed by atoms with van der Waals surface area (Å²) >= 11 is 0. The van der Waals surface area contributed by atoms with Crippen LogP contribution < -0.4 is 11.1 Å². The van der Waals surface area contributed by atoms with E-state index in [1.54, 1.807) is 6.92 Å². The van der Waals surface area contributed by atoms with E-state index in [1.807, 2.05) is 0 Å². The first-order valence-electron chi connectivity index (χ1n) is 4.86. The van der Waals surface area contributed by atoms with Crippen molar-refractivity contribution in [3.63, 3.8) is 0 Å². The zero-order valence-electron chi connectivity index (χ0n) is 8.93. The Bertz CT molecular complexity index is 387. The van der Waals surface area contributed by atoms with E-state index in [-0.39, 0.29) is 18.6 Å². The molecule has 0 unspecified atom stereocenters. The first kappa shape index (κ1) is 12.2. The number of aliphatic hydroxyl groups excluding tert-OH is 1. The van der Waals surface area contributed by atoms with Gasteiger partial charge < -0.3 is 16.2 Å². The molecule has 0 saturated heterocycles. The van der Waals surface area contributed by atoms with E-state index in [9.17, 15) is 9.59 Å². The number of carbonyl (C=O) groups is 2. The van der Waals surface area contributed by atoms with Crippen LogP contribution in [0.1, 0.15) is 27.6 Å². The first-order chi connectivity index (χ1) is 7.54. The second-order valence-electron chi connectivity index (χ2n) is 3.50. The molecule has 0 aliphatic heterocycles. The number of benzene rings is 1. The van der Waals surface area contributed by atoms with Gasteiger partial charge in [-0.15, -0.1) is 0 Å². The maximum Gasteiger partial charge on any atom is 0.251 e. The minimum absolute atomic E-state index is 0.120. The van der Waals surface area contributed by atoms with Crippen LogP contribution in [-0.4, -0.2) is 29.6 Å². The molecule has 5 nitrogen and oxygen atoms in total. The molecule has 16 heavy (non-hydrogen) atoms. The van der Waals surface area contributed by atoms with Gasteiger partial charge in [-0.3, -0.25) is 9.59 Å². The lowest BCUT2D eigenvalue weighted by Gasteiger charge is -2.10. The minimum Gasteiger partial charge on any atom is -0.394 e. The van der Waals surface area contributed by atoms with Gasteiger partial charge in [0.25, 0.3) is 5.91 Å². The Morgan fingerprint density at radius 1 is 1.31 bits per heavy atom. The van der Waals surface area contributed by atoms with Gasteiger partial charge in [-0.25, -0.2) is 0 Å². The van der Waals surface area contributed by atoms with Crippen LogP contribution in [0, 0.1) is 0 Å². The second kappa shape index (κ2) is 5.27. The molecule has 0 aromatic heterocycles. The van der Waals surface area contributed by atoms with E-state index in [0.29, 0.717) is 11.1 Å². The predicted molar refractivity (Wildman–Crippen MR) is 59.0 cm³/mol. The Balaban J connectivity index is 2.74. The highest BCUT2D eigenvalue weighted by molar-refractivity contribution is 5.97. The van der Waals surface area contributed by atoms with Gasteiger partial charge in [0.1, 0.15) is 0 Å². The van der Waals surface area contributed by atoms with Crippen LogP contribution in [0.5, 0.6) is 0 Å². The summed E-state index contributed by atoms with van der Waals surface area (Å²) in [6.07, 6.45) is 0. The molecule has 0 fully saturated rings. The van der Waals surface area contributed by atoms with Crippen molar-refractivity contribution in [2.24, 2.45) is 5.73 Å². The Morgan fingerprint density at radius 3 is 2.25 bits per heavy atom. The number of primary amides is 1. The lowest BCUT2D eigenvalue weighted by atomic mass is 10.1. The highest BCUT2D eigenvalue weighted by atomic mass is 16.3. The van der Waals surface area contributed by atoms with E-state index >= 15 is 0 Å². The summed E-state index contributed by atoms with van der Waals surface area (Å²) in [7, 11) is 0. The highest BCUT2D eigenvalue weighted by Gasteiger charge is 2.09. The third-order valence-corrected chi connectivity index (χ3v) is 2.08. The Kier molecular flexibility index (Phi) is 4.02. The third kappa shape index (κ3) is 3.06. The molecule has 0 saturated carbocycles. The zero-order chi connectivity index (χ0) is 12.1. The molecule has 2 amide bonds. The second-order valence-corrected chi connectivity index (χ2v) is 3.50. The van der Waals surface area contributed by atoms with Crippen LogP contribution >= 0.6 is 0 Å². The average molecular weight is 222 g/mol. The Hall–Kier alpha value is -1.88. The zero-order valence-corrected chi connectivity index (χ0v) is 8.93. The van der Waals surface area contributed by atoms with Crippen molar-refractivity contribution in [3.8, 4) is 0 Å². The fraction of sp³-hybridized carbons (Fsp3) is 0.273.